The van der Waals surface area contributed by atoms with Gasteiger partial charge < -0.3 is 14.6 Å². The van der Waals surface area contributed by atoms with Gasteiger partial charge in [0.1, 0.15) is 5.75 Å². The minimum Gasteiger partial charge on any atom is -0.496 e. The summed E-state index contributed by atoms with van der Waals surface area (Å²) in [5.41, 5.74) is 2.03. The zero-order valence-corrected chi connectivity index (χ0v) is 11.8. The zero-order valence-electron chi connectivity index (χ0n) is 11.8. The molecule has 0 amide bonds. The number of hydrogen-bond acceptors (Lipinski definition) is 5. The van der Waals surface area contributed by atoms with Gasteiger partial charge in [-0.3, -0.25) is 0 Å². The van der Waals surface area contributed by atoms with Gasteiger partial charge in [-0.2, -0.15) is 4.98 Å². The van der Waals surface area contributed by atoms with Crippen molar-refractivity contribution < 1.29 is 9.26 Å². The Morgan fingerprint density at radius 3 is 3.00 bits per heavy atom. The molecule has 5 nitrogen and oxygen atoms in total. The summed E-state index contributed by atoms with van der Waals surface area (Å²) in [6, 6.07) is 5.91. The SMILES string of the molecule is COc1ccc(-c2noc(C3CCCNC3)n2)cc1C. The second-order valence-electron chi connectivity index (χ2n) is 5.18. The lowest BCUT2D eigenvalue weighted by molar-refractivity contribution is 0.322. The van der Waals surface area contributed by atoms with Crippen molar-refractivity contribution in [2.75, 3.05) is 20.2 Å². The standard InChI is InChI=1S/C15H19N3O2/c1-10-8-11(5-6-13(10)19-2)14-17-15(20-18-14)12-4-3-7-16-9-12/h5-6,8,12,16H,3-4,7,9H2,1-2H3. The molecule has 106 valence electrons. The van der Waals surface area contributed by atoms with Crippen LogP contribution >= 0.6 is 0 Å². The number of benzene rings is 1. The van der Waals surface area contributed by atoms with Crippen LogP contribution in [0.15, 0.2) is 22.7 Å². The van der Waals surface area contributed by atoms with Gasteiger partial charge in [0, 0.05) is 12.1 Å². The Balaban J connectivity index is 1.84. The first-order valence-electron chi connectivity index (χ1n) is 6.97. The van der Waals surface area contributed by atoms with Gasteiger partial charge in [-0.1, -0.05) is 5.16 Å². The van der Waals surface area contributed by atoms with E-state index in [9.17, 15) is 0 Å². The van der Waals surface area contributed by atoms with Gasteiger partial charge in [0.15, 0.2) is 0 Å². The molecule has 3 rings (SSSR count). The first-order valence-corrected chi connectivity index (χ1v) is 6.97. The highest BCUT2D eigenvalue weighted by atomic mass is 16.5. The predicted octanol–water partition coefficient (Wildman–Crippen LogP) is 2.52. The Hall–Kier alpha value is -1.88. The van der Waals surface area contributed by atoms with Gasteiger partial charge >= 0.3 is 0 Å². The molecule has 1 aliphatic rings. The van der Waals surface area contributed by atoms with Crippen LogP contribution in [-0.2, 0) is 0 Å². The van der Waals surface area contributed by atoms with E-state index < -0.39 is 0 Å². The summed E-state index contributed by atoms with van der Waals surface area (Å²) >= 11 is 0. The highest BCUT2D eigenvalue weighted by molar-refractivity contribution is 5.58. The van der Waals surface area contributed by atoms with Crippen LogP contribution in [0.3, 0.4) is 0 Å². The minimum absolute atomic E-state index is 0.337. The minimum atomic E-state index is 0.337. The zero-order chi connectivity index (χ0) is 13.9. The largest absolute Gasteiger partial charge is 0.496 e. The molecular formula is C15H19N3O2. The number of ether oxygens (including phenoxy) is 1. The molecule has 0 radical (unpaired) electrons. The first kappa shape index (κ1) is 13.1. The van der Waals surface area contributed by atoms with E-state index in [-0.39, 0.29) is 0 Å². The normalized spacial score (nSPS) is 19.0. The van der Waals surface area contributed by atoms with E-state index in [0.29, 0.717) is 11.7 Å². The summed E-state index contributed by atoms with van der Waals surface area (Å²) < 4.78 is 10.7. The molecule has 1 aliphatic heterocycles. The summed E-state index contributed by atoms with van der Waals surface area (Å²) in [5, 5.41) is 7.47. The van der Waals surface area contributed by atoms with Gasteiger partial charge in [-0.15, -0.1) is 0 Å². The second kappa shape index (κ2) is 5.63. The molecule has 1 aromatic carbocycles. The van der Waals surface area contributed by atoms with Crippen LogP contribution in [-0.4, -0.2) is 30.3 Å². The lowest BCUT2D eigenvalue weighted by atomic mass is 10.00. The van der Waals surface area contributed by atoms with E-state index in [2.05, 4.69) is 15.5 Å². The number of nitrogens with zero attached hydrogens (tertiary/aromatic N) is 2. The highest BCUT2D eigenvalue weighted by Crippen LogP contribution is 2.27. The Labute approximate surface area is 118 Å². The maximum absolute atomic E-state index is 5.42. The van der Waals surface area contributed by atoms with Crippen molar-refractivity contribution in [1.82, 2.24) is 15.5 Å². The Bertz CT molecular complexity index is 589. The quantitative estimate of drug-likeness (QED) is 0.931. The third kappa shape index (κ3) is 2.54. The van der Waals surface area contributed by atoms with Crippen molar-refractivity contribution in [2.24, 2.45) is 0 Å². The van der Waals surface area contributed by atoms with Crippen LogP contribution in [0.5, 0.6) is 5.75 Å². The molecule has 5 heteroatoms. The lowest BCUT2D eigenvalue weighted by Gasteiger charge is -2.18. The van der Waals surface area contributed by atoms with Crippen molar-refractivity contribution in [2.45, 2.75) is 25.7 Å². The summed E-state index contributed by atoms with van der Waals surface area (Å²) in [7, 11) is 1.67. The topological polar surface area (TPSA) is 60.2 Å². The molecule has 1 unspecified atom stereocenters. The first-order chi connectivity index (χ1) is 9.78. The van der Waals surface area contributed by atoms with E-state index in [0.717, 1.165) is 48.7 Å². The lowest BCUT2D eigenvalue weighted by Crippen LogP contribution is -2.28. The molecule has 0 aliphatic carbocycles. The molecule has 1 saturated heterocycles. The van der Waals surface area contributed by atoms with Crippen LogP contribution in [0.25, 0.3) is 11.4 Å². The maximum atomic E-state index is 5.42. The van der Waals surface area contributed by atoms with Gasteiger partial charge in [-0.25, -0.2) is 0 Å². The average Bonchev–Trinajstić information content (AvgIpc) is 2.98. The number of aryl methyl sites for hydroxylation is 1. The van der Waals surface area contributed by atoms with Crippen LogP contribution in [0.1, 0.15) is 30.2 Å². The molecule has 2 heterocycles. The predicted molar refractivity (Wildman–Crippen MR) is 75.9 cm³/mol. The third-order valence-corrected chi connectivity index (χ3v) is 3.74. The van der Waals surface area contributed by atoms with Crippen LogP contribution < -0.4 is 10.1 Å². The number of methoxy groups -OCH3 is 1. The molecule has 0 saturated carbocycles. The molecule has 1 atom stereocenters. The smallest absolute Gasteiger partial charge is 0.231 e. The van der Waals surface area contributed by atoms with E-state index >= 15 is 0 Å². The van der Waals surface area contributed by atoms with Crippen molar-refractivity contribution in [3.63, 3.8) is 0 Å². The van der Waals surface area contributed by atoms with E-state index in [1.54, 1.807) is 7.11 Å². The summed E-state index contributed by atoms with van der Waals surface area (Å²) in [4.78, 5) is 4.54. The number of piperidine rings is 1. The fraction of sp³-hybridized carbons (Fsp3) is 0.467. The molecular weight excluding hydrogens is 254 g/mol. The van der Waals surface area contributed by atoms with E-state index in [4.69, 9.17) is 9.26 Å². The third-order valence-electron chi connectivity index (χ3n) is 3.74. The Kier molecular flexibility index (Phi) is 3.69. The summed E-state index contributed by atoms with van der Waals surface area (Å²) in [6.45, 7) is 4.01. The molecule has 20 heavy (non-hydrogen) atoms. The number of aromatic nitrogens is 2. The van der Waals surface area contributed by atoms with Crippen molar-refractivity contribution in [1.29, 1.82) is 0 Å². The fourth-order valence-electron chi connectivity index (χ4n) is 2.60. The number of rotatable bonds is 3. The molecule has 2 aromatic rings. The summed E-state index contributed by atoms with van der Waals surface area (Å²) in [5.74, 6) is 2.59. The second-order valence-corrected chi connectivity index (χ2v) is 5.18. The van der Waals surface area contributed by atoms with Crippen molar-refractivity contribution >= 4 is 0 Å². The van der Waals surface area contributed by atoms with E-state index in [1.165, 1.54) is 0 Å². The Morgan fingerprint density at radius 1 is 1.40 bits per heavy atom. The summed E-state index contributed by atoms with van der Waals surface area (Å²) in [6.07, 6.45) is 2.26. The number of hydrogen-bond donors (Lipinski definition) is 1. The Morgan fingerprint density at radius 2 is 2.30 bits per heavy atom. The van der Waals surface area contributed by atoms with Crippen molar-refractivity contribution in [3.05, 3.63) is 29.7 Å². The maximum Gasteiger partial charge on any atom is 0.231 e. The van der Waals surface area contributed by atoms with Gasteiger partial charge in [0.05, 0.1) is 13.0 Å². The van der Waals surface area contributed by atoms with Crippen LogP contribution in [0, 0.1) is 6.92 Å². The van der Waals surface area contributed by atoms with Gasteiger partial charge in [0.25, 0.3) is 0 Å². The highest BCUT2D eigenvalue weighted by Gasteiger charge is 2.21. The average molecular weight is 273 g/mol. The van der Waals surface area contributed by atoms with Crippen molar-refractivity contribution in [3.8, 4) is 17.1 Å². The molecule has 0 bridgehead atoms. The van der Waals surface area contributed by atoms with Crippen LogP contribution in [0.4, 0.5) is 0 Å². The molecule has 1 N–H and O–H groups in total. The van der Waals surface area contributed by atoms with Gasteiger partial charge in [0.2, 0.25) is 11.7 Å². The molecule has 0 spiro atoms. The number of nitrogens with one attached hydrogen (secondary N) is 1. The van der Waals surface area contributed by atoms with Crippen LogP contribution in [0.2, 0.25) is 0 Å². The van der Waals surface area contributed by atoms with Gasteiger partial charge in [-0.05, 0) is 50.1 Å². The monoisotopic (exact) mass is 273 g/mol. The fourth-order valence-corrected chi connectivity index (χ4v) is 2.60. The molecule has 1 fully saturated rings. The van der Waals surface area contributed by atoms with E-state index in [1.807, 2.05) is 25.1 Å². The molecule has 1 aromatic heterocycles.